The van der Waals surface area contributed by atoms with Crippen LogP contribution in [0.5, 0.6) is 0 Å². The highest BCUT2D eigenvalue weighted by Gasteiger charge is 2.40. The topological polar surface area (TPSA) is 73.6 Å². The molecule has 0 aromatic carbocycles. The van der Waals surface area contributed by atoms with E-state index in [4.69, 9.17) is 15.2 Å². The molecular formula is C17H33ClN2O3. The maximum Gasteiger partial charge on any atom is 0.227 e. The van der Waals surface area contributed by atoms with Crippen LogP contribution in [0.1, 0.15) is 51.9 Å². The minimum absolute atomic E-state index is 0. The highest BCUT2D eigenvalue weighted by Crippen LogP contribution is 2.41. The Bertz CT molecular complexity index is 354. The van der Waals surface area contributed by atoms with Gasteiger partial charge >= 0.3 is 0 Å². The van der Waals surface area contributed by atoms with Crippen LogP contribution in [0, 0.1) is 10.8 Å². The van der Waals surface area contributed by atoms with E-state index in [1.54, 1.807) is 0 Å². The summed E-state index contributed by atoms with van der Waals surface area (Å²) in [5.41, 5.74) is 5.73. The van der Waals surface area contributed by atoms with Crippen LogP contribution < -0.4 is 11.1 Å². The molecule has 5 nitrogen and oxygen atoms in total. The number of hydrogen-bond acceptors (Lipinski definition) is 4. The molecule has 2 fully saturated rings. The zero-order chi connectivity index (χ0) is 15.9. The summed E-state index contributed by atoms with van der Waals surface area (Å²) in [6.07, 6.45) is 7.43. The number of rotatable bonds is 8. The standard InChI is InChI=1S/C17H32N2O3.ClH/c1-2-21-10-7-16(5-3-4-6-16)14-19-15(20)17(13-18)8-11-22-12-9-17;/h2-14,18H2,1H3,(H,19,20);1H. The Labute approximate surface area is 146 Å². The highest BCUT2D eigenvalue weighted by molar-refractivity contribution is 5.85. The smallest absolute Gasteiger partial charge is 0.227 e. The number of amides is 1. The molecule has 0 radical (unpaired) electrons. The molecular weight excluding hydrogens is 316 g/mol. The van der Waals surface area contributed by atoms with Crippen molar-refractivity contribution in [2.45, 2.75) is 51.9 Å². The predicted octanol–water partition coefficient (Wildman–Crippen LogP) is 2.27. The van der Waals surface area contributed by atoms with E-state index >= 15 is 0 Å². The van der Waals surface area contributed by atoms with Crippen LogP contribution in [-0.2, 0) is 14.3 Å². The minimum Gasteiger partial charge on any atom is -0.382 e. The molecule has 1 saturated heterocycles. The van der Waals surface area contributed by atoms with Gasteiger partial charge in [0.15, 0.2) is 0 Å². The third-order valence-electron chi connectivity index (χ3n) is 5.59. The average Bonchev–Trinajstić information content (AvgIpc) is 3.02. The van der Waals surface area contributed by atoms with E-state index in [0.717, 1.165) is 39.0 Å². The van der Waals surface area contributed by atoms with E-state index in [2.05, 4.69) is 5.32 Å². The average molecular weight is 349 g/mol. The van der Waals surface area contributed by atoms with Gasteiger partial charge in [-0.15, -0.1) is 12.4 Å². The van der Waals surface area contributed by atoms with Crippen molar-refractivity contribution in [3.05, 3.63) is 0 Å². The predicted molar refractivity (Wildman–Crippen MR) is 93.8 cm³/mol. The zero-order valence-corrected chi connectivity index (χ0v) is 15.2. The maximum absolute atomic E-state index is 12.7. The first-order valence-electron chi connectivity index (χ1n) is 8.80. The number of carbonyl (C=O) groups is 1. The fraction of sp³-hybridized carbons (Fsp3) is 0.941. The molecule has 6 heteroatoms. The molecule has 136 valence electrons. The zero-order valence-electron chi connectivity index (χ0n) is 14.4. The Kier molecular flexibility index (Phi) is 8.83. The van der Waals surface area contributed by atoms with Gasteiger partial charge in [0, 0.05) is 39.5 Å². The van der Waals surface area contributed by atoms with Gasteiger partial charge in [0.1, 0.15) is 0 Å². The lowest BCUT2D eigenvalue weighted by Gasteiger charge is -2.36. The molecule has 0 atom stereocenters. The Hall–Kier alpha value is -0.360. The Morgan fingerprint density at radius 3 is 2.43 bits per heavy atom. The second-order valence-corrected chi connectivity index (χ2v) is 6.93. The van der Waals surface area contributed by atoms with E-state index in [1.165, 1.54) is 25.7 Å². The molecule has 0 unspecified atom stereocenters. The van der Waals surface area contributed by atoms with E-state index in [1.807, 2.05) is 6.92 Å². The van der Waals surface area contributed by atoms with Crippen molar-refractivity contribution in [3.8, 4) is 0 Å². The molecule has 1 saturated carbocycles. The fourth-order valence-corrected chi connectivity index (χ4v) is 3.81. The van der Waals surface area contributed by atoms with Gasteiger partial charge in [-0.3, -0.25) is 4.79 Å². The second kappa shape index (κ2) is 9.82. The minimum atomic E-state index is -0.419. The molecule has 1 amide bonds. The molecule has 0 spiro atoms. The Morgan fingerprint density at radius 2 is 1.87 bits per heavy atom. The first-order chi connectivity index (χ1) is 10.7. The third-order valence-corrected chi connectivity index (χ3v) is 5.59. The van der Waals surface area contributed by atoms with Crippen molar-refractivity contribution < 1.29 is 14.3 Å². The van der Waals surface area contributed by atoms with Gasteiger partial charge in [0.2, 0.25) is 5.91 Å². The monoisotopic (exact) mass is 348 g/mol. The lowest BCUT2D eigenvalue weighted by molar-refractivity contribution is -0.136. The van der Waals surface area contributed by atoms with E-state index in [-0.39, 0.29) is 23.7 Å². The molecule has 2 aliphatic rings. The summed E-state index contributed by atoms with van der Waals surface area (Å²) >= 11 is 0. The van der Waals surface area contributed by atoms with Crippen LogP contribution in [-0.4, -0.2) is 45.4 Å². The maximum atomic E-state index is 12.7. The number of carbonyl (C=O) groups excluding carboxylic acids is 1. The fourth-order valence-electron chi connectivity index (χ4n) is 3.81. The van der Waals surface area contributed by atoms with Crippen LogP contribution in [0.4, 0.5) is 0 Å². The van der Waals surface area contributed by atoms with E-state index in [0.29, 0.717) is 19.8 Å². The lowest BCUT2D eigenvalue weighted by atomic mass is 9.78. The summed E-state index contributed by atoms with van der Waals surface area (Å²) in [5.74, 6) is 0.126. The lowest BCUT2D eigenvalue weighted by Crippen LogP contribution is -2.51. The van der Waals surface area contributed by atoms with Crippen molar-refractivity contribution in [3.63, 3.8) is 0 Å². The first-order valence-corrected chi connectivity index (χ1v) is 8.80. The van der Waals surface area contributed by atoms with Gasteiger partial charge in [-0.1, -0.05) is 12.8 Å². The molecule has 0 bridgehead atoms. The van der Waals surface area contributed by atoms with Gasteiger partial charge in [-0.2, -0.15) is 0 Å². The molecule has 2 rings (SSSR count). The van der Waals surface area contributed by atoms with Gasteiger partial charge in [-0.05, 0) is 44.4 Å². The second-order valence-electron chi connectivity index (χ2n) is 6.93. The number of ether oxygens (including phenoxy) is 2. The molecule has 3 N–H and O–H groups in total. The van der Waals surface area contributed by atoms with Crippen molar-refractivity contribution in [1.82, 2.24) is 5.32 Å². The number of hydrogen-bond donors (Lipinski definition) is 2. The summed E-state index contributed by atoms with van der Waals surface area (Å²) in [5, 5.41) is 3.22. The van der Waals surface area contributed by atoms with Crippen molar-refractivity contribution >= 4 is 18.3 Å². The molecule has 1 aliphatic carbocycles. The molecule has 1 heterocycles. The molecule has 1 aliphatic heterocycles. The van der Waals surface area contributed by atoms with Crippen molar-refractivity contribution in [2.24, 2.45) is 16.6 Å². The van der Waals surface area contributed by atoms with Gasteiger partial charge < -0.3 is 20.5 Å². The molecule has 0 aromatic heterocycles. The Morgan fingerprint density at radius 1 is 1.22 bits per heavy atom. The van der Waals surface area contributed by atoms with E-state index in [9.17, 15) is 4.79 Å². The normalized spacial score (nSPS) is 22.3. The van der Waals surface area contributed by atoms with Crippen molar-refractivity contribution in [2.75, 3.05) is 39.5 Å². The summed E-state index contributed by atoms with van der Waals surface area (Å²) < 4.78 is 10.9. The number of halogens is 1. The SMILES string of the molecule is CCOCCC1(CNC(=O)C2(CN)CCOCC2)CCCC1.Cl. The summed E-state index contributed by atoms with van der Waals surface area (Å²) in [7, 11) is 0. The molecule has 0 aromatic rings. The quantitative estimate of drug-likeness (QED) is 0.660. The van der Waals surface area contributed by atoms with Gasteiger partial charge in [0.05, 0.1) is 5.41 Å². The van der Waals surface area contributed by atoms with Crippen LogP contribution in [0.15, 0.2) is 0 Å². The van der Waals surface area contributed by atoms with Crippen LogP contribution in [0.2, 0.25) is 0 Å². The Balaban J connectivity index is 0.00000264. The van der Waals surface area contributed by atoms with Crippen LogP contribution in [0.3, 0.4) is 0 Å². The molecule has 23 heavy (non-hydrogen) atoms. The van der Waals surface area contributed by atoms with E-state index < -0.39 is 5.41 Å². The summed E-state index contributed by atoms with van der Waals surface area (Å²) in [6.45, 7) is 6.04. The summed E-state index contributed by atoms with van der Waals surface area (Å²) in [6, 6.07) is 0. The number of nitrogens with two attached hydrogens (primary N) is 1. The van der Waals surface area contributed by atoms with Gasteiger partial charge in [-0.25, -0.2) is 0 Å². The highest BCUT2D eigenvalue weighted by atomic mass is 35.5. The van der Waals surface area contributed by atoms with Gasteiger partial charge in [0.25, 0.3) is 0 Å². The van der Waals surface area contributed by atoms with Crippen molar-refractivity contribution in [1.29, 1.82) is 0 Å². The summed E-state index contributed by atoms with van der Waals surface area (Å²) in [4.78, 5) is 12.7. The van der Waals surface area contributed by atoms with Crippen LogP contribution >= 0.6 is 12.4 Å². The third kappa shape index (κ3) is 5.31. The first kappa shape index (κ1) is 20.7. The van der Waals surface area contributed by atoms with Crippen LogP contribution in [0.25, 0.3) is 0 Å². The number of nitrogens with one attached hydrogen (secondary N) is 1. The largest absolute Gasteiger partial charge is 0.382 e.